The summed E-state index contributed by atoms with van der Waals surface area (Å²) in [5, 5.41) is 6.05. The van der Waals surface area contributed by atoms with Crippen LogP contribution in [0, 0.1) is 5.92 Å². The lowest BCUT2D eigenvalue weighted by molar-refractivity contribution is -0.134. The molecule has 4 heterocycles. The quantitative estimate of drug-likeness (QED) is 0.681. The van der Waals surface area contributed by atoms with E-state index in [9.17, 15) is 9.59 Å². The first-order chi connectivity index (χ1) is 15.9. The van der Waals surface area contributed by atoms with E-state index in [2.05, 4.69) is 57.4 Å². The van der Waals surface area contributed by atoms with Gasteiger partial charge in [0.2, 0.25) is 11.8 Å². The molecular formula is C26H39N5O2. The number of anilines is 2. The predicted molar refractivity (Wildman–Crippen MR) is 132 cm³/mol. The lowest BCUT2D eigenvalue weighted by Crippen LogP contribution is -2.59. The molecule has 0 saturated carbocycles. The third kappa shape index (κ3) is 4.37. The minimum Gasteiger partial charge on any atom is -0.369 e. The number of rotatable bonds is 4. The molecule has 7 nitrogen and oxygen atoms in total. The Morgan fingerprint density at radius 3 is 2.36 bits per heavy atom. The van der Waals surface area contributed by atoms with Crippen LogP contribution in [0.5, 0.6) is 0 Å². The fraction of sp³-hybridized carbons (Fsp3) is 0.692. The molecule has 7 heteroatoms. The highest BCUT2D eigenvalue weighted by molar-refractivity contribution is 6.02. The van der Waals surface area contributed by atoms with Gasteiger partial charge in [0.25, 0.3) is 0 Å². The van der Waals surface area contributed by atoms with Crippen LogP contribution >= 0.6 is 0 Å². The van der Waals surface area contributed by atoms with Gasteiger partial charge in [-0.2, -0.15) is 0 Å². The van der Waals surface area contributed by atoms with E-state index in [4.69, 9.17) is 0 Å². The largest absolute Gasteiger partial charge is 0.369 e. The standard InChI is InChI=1S/C26H39N5O2/c1-26(2,19-10-12-27-13-11-19)30-17-15-29(16-18-30)21-6-3-7-22-20(21)5-4-14-31(22)23-8-9-24(32)28-25(23)33/h3,6-7,19,23,27H,4-5,8-18H2,1-2H3,(H,28,32,33). The average Bonchev–Trinajstić information content (AvgIpc) is 2.84. The third-order valence-electron chi connectivity index (χ3n) is 8.62. The first-order valence-corrected chi connectivity index (χ1v) is 12.9. The Morgan fingerprint density at radius 1 is 0.909 bits per heavy atom. The Labute approximate surface area is 197 Å². The van der Waals surface area contributed by atoms with Crippen LogP contribution in [-0.2, 0) is 16.0 Å². The molecule has 1 aromatic rings. The van der Waals surface area contributed by atoms with Crippen LogP contribution in [0.15, 0.2) is 18.2 Å². The Kier molecular flexibility index (Phi) is 6.36. The summed E-state index contributed by atoms with van der Waals surface area (Å²) in [6.45, 7) is 12.3. The van der Waals surface area contributed by atoms with E-state index < -0.39 is 0 Å². The highest BCUT2D eigenvalue weighted by Crippen LogP contribution is 2.38. The molecule has 0 aromatic heterocycles. The summed E-state index contributed by atoms with van der Waals surface area (Å²) in [6.07, 6.45) is 5.68. The highest BCUT2D eigenvalue weighted by atomic mass is 16.2. The first-order valence-electron chi connectivity index (χ1n) is 12.9. The lowest BCUT2D eigenvalue weighted by Gasteiger charge is -2.50. The molecule has 1 atom stereocenters. The summed E-state index contributed by atoms with van der Waals surface area (Å²) in [5.41, 5.74) is 4.14. The molecule has 33 heavy (non-hydrogen) atoms. The summed E-state index contributed by atoms with van der Waals surface area (Å²) in [6, 6.07) is 6.34. The van der Waals surface area contributed by atoms with Crippen molar-refractivity contribution in [1.82, 2.24) is 15.5 Å². The molecule has 2 amide bonds. The number of nitrogens with one attached hydrogen (secondary N) is 2. The van der Waals surface area contributed by atoms with Crippen LogP contribution < -0.4 is 20.4 Å². The van der Waals surface area contributed by atoms with Crippen LogP contribution in [0.25, 0.3) is 0 Å². The number of piperazine rings is 1. The molecule has 5 rings (SSSR count). The number of fused-ring (bicyclic) bond motifs is 1. The maximum absolute atomic E-state index is 12.6. The van der Waals surface area contributed by atoms with Crippen molar-refractivity contribution in [2.24, 2.45) is 5.92 Å². The number of amides is 2. The predicted octanol–water partition coefficient (Wildman–Crippen LogP) is 2.14. The second-order valence-corrected chi connectivity index (χ2v) is 10.7. The van der Waals surface area contributed by atoms with Gasteiger partial charge in [-0.15, -0.1) is 0 Å². The molecular weight excluding hydrogens is 414 g/mol. The monoisotopic (exact) mass is 453 g/mol. The van der Waals surface area contributed by atoms with Gasteiger partial charge in [0.1, 0.15) is 6.04 Å². The maximum Gasteiger partial charge on any atom is 0.249 e. The van der Waals surface area contributed by atoms with Crippen molar-refractivity contribution in [1.29, 1.82) is 0 Å². The Bertz CT molecular complexity index is 887. The van der Waals surface area contributed by atoms with Crippen molar-refractivity contribution in [2.45, 2.75) is 64.0 Å². The maximum atomic E-state index is 12.6. The van der Waals surface area contributed by atoms with Crippen LogP contribution in [0.1, 0.15) is 51.5 Å². The molecule has 0 spiro atoms. The highest BCUT2D eigenvalue weighted by Gasteiger charge is 2.38. The molecule has 1 unspecified atom stereocenters. The molecule has 180 valence electrons. The van der Waals surface area contributed by atoms with E-state index in [0.29, 0.717) is 12.8 Å². The molecule has 3 saturated heterocycles. The number of benzene rings is 1. The summed E-state index contributed by atoms with van der Waals surface area (Å²) >= 11 is 0. The summed E-state index contributed by atoms with van der Waals surface area (Å²) < 4.78 is 0. The molecule has 0 aliphatic carbocycles. The zero-order valence-electron chi connectivity index (χ0n) is 20.2. The fourth-order valence-corrected chi connectivity index (χ4v) is 6.54. The lowest BCUT2D eigenvalue weighted by atomic mass is 9.79. The number of carbonyl (C=O) groups excluding carboxylic acids is 2. The number of imide groups is 1. The van der Waals surface area contributed by atoms with Gasteiger partial charge in [-0.1, -0.05) is 6.07 Å². The van der Waals surface area contributed by atoms with Crippen molar-refractivity contribution in [3.05, 3.63) is 23.8 Å². The fourth-order valence-electron chi connectivity index (χ4n) is 6.54. The van der Waals surface area contributed by atoms with Gasteiger partial charge >= 0.3 is 0 Å². The minimum atomic E-state index is -0.236. The second-order valence-electron chi connectivity index (χ2n) is 10.7. The molecule has 0 bridgehead atoms. The molecule has 3 fully saturated rings. The topological polar surface area (TPSA) is 67.9 Å². The van der Waals surface area contributed by atoms with Crippen molar-refractivity contribution < 1.29 is 9.59 Å². The smallest absolute Gasteiger partial charge is 0.249 e. The van der Waals surface area contributed by atoms with Crippen LogP contribution in [0.3, 0.4) is 0 Å². The van der Waals surface area contributed by atoms with Gasteiger partial charge in [0.05, 0.1) is 0 Å². The SMILES string of the molecule is CC(C)(C1CCNCC1)N1CCN(c2cccc3c2CCCN3C2CCC(=O)NC2=O)CC1. The number of hydrogen-bond acceptors (Lipinski definition) is 6. The van der Waals surface area contributed by atoms with Crippen molar-refractivity contribution in [2.75, 3.05) is 55.6 Å². The van der Waals surface area contributed by atoms with E-state index in [0.717, 1.165) is 64.6 Å². The summed E-state index contributed by atoms with van der Waals surface area (Å²) in [7, 11) is 0. The van der Waals surface area contributed by atoms with Gasteiger partial charge in [-0.25, -0.2) is 0 Å². The number of nitrogens with zero attached hydrogens (tertiary/aromatic N) is 3. The second kappa shape index (κ2) is 9.26. The van der Waals surface area contributed by atoms with Gasteiger partial charge in [-0.05, 0) is 82.7 Å². The van der Waals surface area contributed by atoms with Crippen molar-refractivity contribution in [3.8, 4) is 0 Å². The van der Waals surface area contributed by atoms with Gasteiger partial charge in [0.15, 0.2) is 0 Å². The average molecular weight is 454 g/mol. The Balaban J connectivity index is 1.30. The van der Waals surface area contributed by atoms with Crippen LogP contribution in [0.4, 0.5) is 11.4 Å². The van der Waals surface area contributed by atoms with E-state index in [1.165, 1.54) is 29.8 Å². The van der Waals surface area contributed by atoms with E-state index in [1.807, 2.05) is 0 Å². The molecule has 0 radical (unpaired) electrons. The normalized spacial score (nSPS) is 25.7. The number of piperidine rings is 2. The first kappa shape index (κ1) is 22.7. The minimum absolute atomic E-state index is 0.140. The number of hydrogen-bond donors (Lipinski definition) is 2. The van der Waals surface area contributed by atoms with Gasteiger partial charge < -0.3 is 15.1 Å². The Hall–Kier alpha value is -2.12. The molecule has 1 aromatic carbocycles. The van der Waals surface area contributed by atoms with Gasteiger partial charge in [0, 0.05) is 56.1 Å². The van der Waals surface area contributed by atoms with Crippen LogP contribution in [-0.4, -0.2) is 74.1 Å². The van der Waals surface area contributed by atoms with E-state index >= 15 is 0 Å². The van der Waals surface area contributed by atoms with Crippen molar-refractivity contribution in [3.63, 3.8) is 0 Å². The zero-order chi connectivity index (χ0) is 23.0. The third-order valence-corrected chi connectivity index (χ3v) is 8.62. The number of carbonyl (C=O) groups is 2. The van der Waals surface area contributed by atoms with E-state index in [1.54, 1.807) is 0 Å². The molecule has 2 N–H and O–H groups in total. The Morgan fingerprint density at radius 2 is 1.64 bits per heavy atom. The van der Waals surface area contributed by atoms with Crippen molar-refractivity contribution >= 4 is 23.2 Å². The summed E-state index contributed by atoms with van der Waals surface area (Å²) in [4.78, 5) is 31.7. The molecule has 4 aliphatic heterocycles. The summed E-state index contributed by atoms with van der Waals surface area (Å²) in [5.74, 6) is 0.475. The molecule has 4 aliphatic rings. The van der Waals surface area contributed by atoms with Crippen LogP contribution in [0.2, 0.25) is 0 Å². The zero-order valence-corrected chi connectivity index (χ0v) is 20.2. The van der Waals surface area contributed by atoms with Gasteiger partial charge in [-0.3, -0.25) is 19.8 Å². The van der Waals surface area contributed by atoms with E-state index in [-0.39, 0.29) is 23.4 Å².